The van der Waals surface area contributed by atoms with Gasteiger partial charge in [0.1, 0.15) is 0 Å². The van der Waals surface area contributed by atoms with E-state index < -0.39 is 15.9 Å². The summed E-state index contributed by atoms with van der Waals surface area (Å²) in [6, 6.07) is 10.3. The van der Waals surface area contributed by atoms with Crippen molar-refractivity contribution in [1.82, 2.24) is 0 Å². The Bertz CT molecular complexity index is 786. The van der Waals surface area contributed by atoms with Crippen molar-refractivity contribution in [3.63, 3.8) is 0 Å². The maximum atomic E-state index is 12.2. The smallest absolute Gasteiger partial charge is 0.261 e. The molecule has 2 aromatic rings. The number of halogens is 1. The molecule has 5 nitrogen and oxygen atoms in total. The number of primary amides is 1. The molecule has 0 fully saturated rings. The highest BCUT2D eigenvalue weighted by Gasteiger charge is 2.15. The summed E-state index contributed by atoms with van der Waals surface area (Å²) in [6.45, 7) is 1.79. The van der Waals surface area contributed by atoms with Crippen molar-refractivity contribution < 1.29 is 13.2 Å². The first-order valence-corrected chi connectivity index (χ1v) is 7.84. The Labute approximate surface area is 127 Å². The Kier molecular flexibility index (Phi) is 4.20. The van der Waals surface area contributed by atoms with Crippen molar-refractivity contribution in [2.45, 2.75) is 11.8 Å². The molecule has 2 aromatic carbocycles. The fourth-order valence-electron chi connectivity index (χ4n) is 1.66. The number of nitrogens with two attached hydrogens (primary N) is 1. The van der Waals surface area contributed by atoms with Crippen LogP contribution in [0.25, 0.3) is 0 Å². The molecule has 3 N–H and O–H groups in total. The van der Waals surface area contributed by atoms with E-state index in [2.05, 4.69) is 4.72 Å². The SMILES string of the molecule is Cc1ccc(S(=O)(=O)Nc2ccc(C(N)=O)cc2)cc1Cl. The zero-order valence-corrected chi connectivity index (χ0v) is 12.7. The number of aryl methyl sites for hydroxylation is 1. The monoisotopic (exact) mass is 324 g/mol. The first-order valence-electron chi connectivity index (χ1n) is 5.98. The molecule has 0 saturated carbocycles. The van der Waals surface area contributed by atoms with Crippen LogP contribution in [0.4, 0.5) is 5.69 Å². The largest absolute Gasteiger partial charge is 0.366 e. The Morgan fingerprint density at radius 1 is 1.14 bits per heavy atom. The molecule has 0 aromatic heterocycles. The summed E-state index contributed by atoms with van der Waals surface area (Å²) in [5.74, 6) is -0.574. The molecule has 0 spiro atoms. The van der Waals surface area contributed by atoms with Crippen LogP contribution in [0.3, 0.4) is 0 Å². The molecular formula is C14H13ClN2O3S. The Hall–Kier alpha value is -2.05. The summed E-state index contributed by atoms with van der Waals surface area (Å²) in [6.07, 6.45) is 0. The summed E-state index contributed by atoms with van der Waals surface area (Å²) in [4.78, 5) is 11.0. The van der Waals surface area contributed by atoms with Gasteiger partial charge in [0.15, 0.2) is 0 Å². The number of rotatable bonds is 4. The third kappa shape index (κ3) is 3.53. The van der Waals surface area contributed by atoms with E-state index in [1.165, 1.54) is 36.4 Å². The third-order valence-electron chi connectivity index (χ3n) is 2.88. The van der Waals surface area contributed by atoms with Gasteiger partial charge in [0.25, 0.3) is 10.0 Å². The summed E-state index contributed by atoms with van der Waals surface area (Å²) < 4.78 is 26.9. The van der Waals surface area contributed by atoms with Gasteiger partial charge in [0, 0.05) is 16.3 Å². The standard InChI is InChI=1S/C14H13ClN2O3S/c1-9-2-7-12(8-13(9)15)21(19,20)17-11-5-3-10(4-6-11)14(16)18/h2-8,17H,1H3,(H2,16,18). The van der Waals surface area contributed by atoms with E-state index >= 15 is 0 Å². The van der Waals surface area contributed by atoms with Gasteiger partial charge in [-0.2, -0.15) is 0 Å². The first kappa shape index (κ1) is 15.3. The van der Waals surface area contributed by atoms with Crippen LogP contribution in [0.15, 0.2) is 47.4 Å². The van der Waals surface area contributed by atoms with Crippen LogP contribution >= 0.6 is 11.6 Å². The lowest BCUT2D eigenvalue weighted by atomic mass is 10.2. The number of anilines is 1. The maximum Gasteiger partial charge on any atom is 0.261 e. The van der Waals surface area contributed by atoms with E-state index in [-0.39, 0.29) is 4.90 Å². The molecule has 0 unspecified atom stereocenters. The van der Waals surface area contributed by atoms with Crippen molar-refractivity contribution in [2.75, 3.05) is 4.72 Å². The van der Waals surface area contributed by atoms with Crippen molar-refractivity contribution in [1.29, 1.82) is 0 Å². The summed E-state index contributed by atoms with van der Waals surface area (Å²) in [7, 11) is -3.74. The van der Waals surface area contributed by atoms with E-state index in [9.17, 15) is 13.2 Å². The van der Waals surface area contributed by atoms with Crippen LogP contribution < -0.4 is 10.5 Å². The lowest BCUT2D eigenvalue weighted by molar-refractivity contribution is 0.100. The zero-order chi connectivity index (χ0) is 15.6. The van der Waals surface area contributed by atoms with Gasteiger partial charge >= 0.3 is 0 Å². The molecule has 0 aliphatic carbocycles. The van der Waals surface area contributed by atoms with E-state index in [1.807, 2.05) is 0 Å². The molecule has 0 heterocycles. The highest BCUT2D eigenvalue weighted by molar-refractivity contribution is 7.92. The first-order chi connectivity index (χ1) is 9.79. The van der Waals surface area contributed by atoms with Crippen molar-refractivity contribution >= 4 is 33.2 Å². The molecule has 0 radical (unpaired) electrons. The van der Waals surface area contributed by atoms with Gasteiger partial charge in [-0.25, -0.2) is 8.42 Å². The van der Waals surface area contributed by atoms with E-state index in [1.54, 1.807) is 13.0 Å². The number of carbonyl (C=O) groups is 1. The van der Waals surface area contributed by atoms with E-state index in [0.717, 1.165) is 5.56 Å². The Balaban J connectivity index is 2.28. The van der Waals surface area contributed by atoms with Gasteiger partial charge in [0.2, 0.25) is 5.91 Å². The fraction of sp³-hybridized carbons (Fsp3) is 0.0714. The second kappa shape index (κ2) is 5.75. The molecule has 21 heavy (non-hydrogen) atoms. The molecule has 110 valence electrons. The molecule has 0 saturated heterocycles. The van der Waals surface area contributed by atoms with Crippen LogP contribution in [0.1, 0.15) is 15.9 Å². The van der Waals surface area contributed by atoms with Crippen LogP contribution in [-0.2, 0) is 10.0 Å². The minimum Gasteiger partial charge on any atom is -0.366 e. The van der Waals surface area contributed by atoms with Crippen LogP contribution in [0, 0.1) is 6.92 Å². The maximum absolute atomic E-state index is 12.2. The third-order valence-corrected chi connectivity index (χ3v) is 4.66. The Morgan fingerprint density at radius 2 is 1.76 bits per heavy atom. The highest BCUT2D eigenvalue weighted by atomic mass is 35.5. The van der Waals surface area contributed by atoms with E-state index in [4.69, 9.17) is 17.3 Å². The van der Waals surface area contributed by atoms with Crippen molar-refractivity contribution in [3.05, 3.63) is 58.6 Å². The highest BCUT2D eigenvalue weighted by Crippen LogP contribution is 2.22. The van der Waals surface area contributed by atoms with Crippen molar-refractivity contribution in [2.24, 2.45) is 5.73 Å². The fourth-order valence-corrected chi connectivity index (χ4v) is 2.99. The van der Waals surface area contributed by atoms with Gasteiger partial charge in [0.05, 0.1) is 4.90 Å². The number of hydrogen-bond donors (Lipinski definition) is 2. The number of nitrogens with one attached hydrogen (secondary N) is 1. The van der Waals surface area contributed by atoms with Gasteiger partial charge in [-0.05, 0) is 48.9 Å². The lowest BCUT2D eigenvalue weighted by Gasteiger charge is -2.09. The molecule has 2 rings (SSSR count). The number of hydrogen-bond acceptors (Lipinski definition) is 3. The number of benzene rings is 2. The summed E-state index contributed by atoms with van der Waals surface area (Å²) in [5.41, 5.74) is 6.55. The second-order valence-electron chi connectivity index (χ2n) is 4.46. The minimum absolute atomic E-state index is 0.0667. The Morgan fingerprint density at radius 3 is 2.29 bits per heavy atom. The van der Waals surface area contributed by atoms with Crippen LogP contribution in [0.2, 0.25) is 5.02 Å². The average Bonchev–Trinajstić information content (AvgIpc) is 2.42. The minimum atomic E-state index is -3.74. The zero-order valence-electron chi connectivity index (χ0n) is 11.1. The van der Waals surface area contributed by atoms with Gasteiger partial charge in [-0.1, -0.05) is 17.7 Å². The normalized spacial score (nSPS) is 11.1. The molecule has 7 heteroatoms. The predicted molar refractivity (Wildman–Crippen MR) is 82.0 cm³/mol. The van der Waals surface area contributed by atoms with Gasteiger partial charge < -0.3 is 5.73 Å². The van der Waals surface area contributed by atoms with Gasteiger partial charge in [-0.3, -0.25) is 9.52 Å². The lowest BCUT2D eigenvalue weighted by Crippen LogP contribution is -2.14. The molecule has 0 bridgehead atoms. The number of sulfonamides is 1. The molecule has 0 atom stereocenters. The van der Waals surface area contributed by atoms with Crippen LogP contribution in [-0.4, -0.2) is 14.3 Å². The molecule has 0 aliphatic rings. The molecular weight excluding hydrogens is 312 g/mol. The number of carbonyl (C=O) groups excluding carboxylic acids is 1. The summed E-state index contributed by atoms with van der Waals surface area (Å²) >= 11 is 5.93. The molecule has 1 amide bonds. The van der Waals surface area contributed by atoms with Crippen LogP contribution in [0.5, 0.6) is 0 Å². The number of amides is 1. The topological polar surface area (TPSA) is 89.3 Å². The van der Waals surface area contributed by atoms with Crippen molar-refractivity contribution in [3.8, 4) is 0 Å². The quantitative estimate of drug-likeness (QED) is 0.905. The predicted octanol–water partition coefficient (Wildman–Crippen LogP) is 2.55. The average molecular weight is 325 g/mol. The molecule has 0 aliphatic heterocycles. The van der Waals surface area contributed by atoms with E-state index in [0.29, 0.717) is 16.3 Å². The van der Waals surface area contributed by atoms with Gasteiger partial charge in [-0.15, -0.1) is 0 Å². The second-order valence-corrected chi connectivity index (χ2v) is 6.55. The summed E-state index contributed by atoms with van der Waals surface area (Å²) in [5, 5.41) is 0.377.